The number of benzene rings is 1. The van der Waals surface area contributed by atoms with Crippen LogP contribution in [0.2, 0.25) is 0 Å². The fraction of sp³-hybridized carbons (Fsp3) is 0.579. The third-order valence-corrected chi connectivity index (χ3v) is 5.33. The number of nitrogens with one attached hydrogen (secondary N) is 1. The molecular formula is C19H26FN3O2. The predicted molar refractivity (Wildman–Crippen MR) is 93.6 cm³/mol. The summed E-state index contributed by atoms with van der Waals surface area (Å²) in [4.78, 5) is 29.0. The third-order valence-electron chi connectivity index (χ3n) is 5.33. The van der Waals surface area contributed by atoms with Gasteiger partial charge in [0, 0.05) is 32.2 Å². The molecule has 2 heterocycles. The van der Waals surface area contributed by atoms with E-state index in [1.165, 1.54) is 12.1 Å². The second-order valence-corrected chi connectivity index (χ2v) is 7.45. The first kappa shape index (κ1) is 17.9. The molecule has 0 aliphatic carbocycles. The van der Waals surface area contributed by atoms with E-state index in [4.69, 9.17) is 0 Å². The molecule has 25 heavy (non-hydrogen) atoms. The molecule has 3 rings (SSSR count). The van der Waals surface area contributed by atoms with Crippen LogP contribution in [-0.2, 0) is 15.0 Å². The zero-order chi connectivity index (χ0) is 18.0. The van der Waals surface area contributed by atoms with Crippen LogP contribution >= 0.6 is 0 Å². The molecule has 2 aliphatic rings. The fourth-order valence-electron chi connectivity index (χ4n) is 3.80. The summed E-state index contributed by atoms with van der Waals surface area (Å²) < 4.78 is 13.6. The highest BCUT2D eigenvalue weighted by atomic mass is 19.1. The van der Waals surface area contributed by atoms with E-state index in [1.807, 2.05) is 23.6 Å². The van der Waals surface area contributed by atoms with Gasteiger partial charge in [0.15, 0.2) is 0 Å². The molecule has 136 valence electrons. The Kier molecular flexibility index (Phi) is 5.08. The van der Waals surface area contributed by atoms with E-state index in [1.54, 1.807) is 12.1 Å². The van der Waals surface area contributed by atoms with Crippen molar-refractivity contribution in [1.29, 1.82) is 0 Å². The van der Waals surface area contributed by atoms with Gasteiger partial charge in [-0.2, -0.15) is 0 Å². The molecule has 2 aliphatic heterocycles. The summed E-state index contributed by atoms with van der Waals surface area (Å²) in [5.74, 6) is -0.235. The number of likely N-dealkylation sites (tertiary alicyclic amines) is 1. The van der Waals surface area contributed by atoms with E-state index < -0.39 is 5.41 Å². The molecule has 0 radical (unpaired) electrons. The average molecular weight is 347 g/mol. The van der Waals surface area contributed by atoms with Gasteiger partial charge in [0.25, 0.3) is 0 Å². The van der Waals surface area contributed by atoms with Crippen molar-refractivity contribution in [3.05, 3.63) is 35.6 Å². The standard InChI is InChI=1S/C19H26FN3O2/c1-19(2,14-5-3-6-15(20)11-14)18(25)22-9-4-7-16(13-22)23-10-8-21-12-17(23)24/h3,5-6,11,16,21H,4,7-10,12-13H2,1-2H3. The first-order valence-corrected chi connectivity index (χ1v) is 8.95. The van der Waals surface area contributed by atoms with Crippen molar-refractivity contribution in [2.75, 3.05) is 32.7 Å². The first-order valence-electron chi connectivity index (χ1n) is 8.95. The number of hydrogen-bond acceptors (Lipinski definition) is 3. The average Bonchev–Trinajstić information content (AvgIpc) is 2.61. The summed E-state index contributed by atoms with van der Waals surface area (Å²) in [5, 5.41) is 3.08. The van der Waals surface area contributed by atoms with Gasteiger partial charge in [-0.05, 0) is 44.4 Å². The lowest BCUT2D eigenvalue weighted by Crippen LogP contribution is -2.58. The molecule has 1 unspecified atom stereocenters. The number of piperidine rings is 1. The molecule has 0 spiro atoms. The van der Waals surface area contributed by atoms with Crippen molar-refractivity contribution >= 4 is 11.8 Å². The van der Waals surface area contributed by atoms with Crippen LogP contribution in [0.25, 0.3) is 0 Å². The summed E-state index contributed by atoms with van der Waals surface area (Å²) in [6, 6.07) is 6.33. The number of piperazine rings is 1. The summed E-state index contributed by atoms with van der Waals surface area (Å²) in [6.07, 6.45) is 1.81. The minimum Gasteiger partial charge on any atom is -0.340 e. The largest absolute Gasteiger partial charge is 0.340 e. The zero-order valence-electron chi connectivity index (χ0n) is 14.9. The van der Waals surface area contributed by atoms with Crippen molar-refractivity contribution in [2.45, 2.75) is 38.1 Å². The van der Waals surface area contributed by atoms with Gasteiger partial charge < -0.3 is 15.1 Å². The van der Waals surface area contributed by atoms with Crippen LogP contribution in [0.3, 0.4) is 0 Å². The molecule has 2 amide bonds. The van der Waals surface area contributed by atoms with Crippen molar-refractivity contribution < 1.29 is 14.0 Å². The molecule has 0 bridgehead atoms. The van der Waals surface area contributed by atoms with Gasteiger partial charge in [0.2, 0.25) is 11.8 Å². The minimum atomic E-state index is -0.794. The van der Waals surface area contributed by atoms with Gasteiger partial charge >= 0.3 is 0 Å². The summed E-state index contributed by atoms with van der Waals surface area (Å²) in [5.41, 5.74) is -0.116. The van der Waals surface area contributed by atoms with Gasteiger partial charge in [-0.25, -0.2) is 4.39 Å². The molecular weight excluding hydrogens is 321 g/mol. The minimum absolute atomic E-state index is 0.00890. The molecule has 1 N–H and O–H groups in total. The SMILES string of the molecule is CC(C)(C(=O)N1CCCC(N2CCNCC2=O)C1)c1cccc(F)c1. The summed E-state index contributed by atoms with van der Waals surface area (Å²) in [7, 11) is 0. The lowest BCUT2D eigenvalue weighted by Gasteiger charge is -2.43. The third kappa shape index (κ3) is 3.68. The maximum absolute atomic E-state index is 13.6. The lowest BCUT2D eigenvalue weighted by atomic mass is 9.82. The molecule has 1 aromatic carbocycles. The van der Waals surface area contributed by atoms with Crippen molar-refractivity contribution in [3.63, 3.8) is 0 Å². The second kappa shape index (κ2) is 7.12. The van der Waals surface area contributed by atoms with Crippen molar-refractivity contribution in [2.24, 2.45) is 0 Å². The highest BCUT2D eigenvalue weighted by Crippen LogP contribution is 2.28. The van der Waals surface area contributed by atoms with E-state index in [2.05, 4.69) is 5.32 Å². The van der Waals surface area contributed by atoms with E-state index in [-0.39, 0.29) is 23.7 Å². The number of rotatable bonds is 3. The van der Waals surface area contributed by atoms with Crippen molar-refractivity contribution in [3.8, 4) is 0 Å². The lowest BCUT2D eigenvalue weighted by molar-refractivity contribution is -0.143. The molecule has 6 heteroatoms. The Bertz CT molecular complexity index is 662. The fourth-order valence-corrected chi connectivity index (χ4v) is 3.80. The predicted octanol–water partition coefficient (Wildman–Crippen LogP) is 1.53. The van der Waals surface area contributed by atoms with Crippen LogP contribution in [0, 0.1) is 5.82 Å². The van der Waals surface area contributed by atoms with E-state index in [0.717, 1.165) is 19.4 Å². The van der Waals surface area contributed by atoms with Crippen LogP contribution in [0.4, 0.5) is 4.39 Å². The smallest absolute Gasteiger partial charge is 0.236 e. The second-order valence-electron chi connectivity index (χ2n) is 7.45. The molecule has 2 fully saturated rings. The Hall–Kier alpha value is -1.95. The van der Waals surface area contributed by atoms with E-state index in [0.29, 0.717) is 31.7 Å². The van der Waals surface area contributed by atoms with Gasteiger partial charge in [-0.1, -0.05) is 12.1 Å². The molecule has 2 saturated heterocycles. The Morgan fingerprint density at radius 3 is 2.84 bits per heavy atom. The van der Waals surface area contributed by atoms with Gasteiger partial charge in [0.1, 0.15) is 5.82 Å². The number of amides is 2. The Labute approximate surface area is 148 Å². The van der Waals surface area contributed by atoms with Crippen LogP contribution in [0.15, 0.2) is 24.3 Å². The maximum Gasteiger partial charge on any atom is 0.236 e. The molecule has 0 saturated carbocycles. The van der Waals surface area contributed by atoms with Crippen LogP contribution < -0.4 is 5.32 Å². The first-order chi connectivity index (χ1) is 11.9. The van der Waals surface area contributed by atoms with Gasteiger partial charge in [-0.15, -0.1) is 0 Å². The van der Waals surface area contributed by atoms with Gasteiger partial charge in [-0.3, -0.25) is 9.59 Å². The normalized spacial score (nSPS) is 22.2. The Morgan fingerprint density at radius 2 is 2.12 bits per heavy atom. The number of carbonyl (C=O) groups excluding carboxylic acids is 2. The van der Waals surface area contributed by atoms with Crippen LogP contribution in [0.5, 0.6) is 0 Å². The summed E-state index contributed by atoms with van der Waals surface area (Å²) in [6.45, 7) is 6.79. The highest BCUT2D eigenvalue weighted by molar-refractivity contribution is 5.87. The highest BCUT2D eigenvalue weighted by Gasteiger charge is 2.38. The Morgan fingerprint density at radius 1 is 1.32 bits per heavy atom. The van der Waals surface area contributed by atoms with Crippen molar-refractivity contribution in [1.82, 2.24) is 15.1 Å². The number of nitrogens with zero attached hydrogens (tertiary/aromatic N) is 2. The molecule has 1 aromatic rings. The monoisotopic (exact) mass is 347 g/mol. The van der Waals surface area contributed by atoms with E-state index >= 15 is 0 Å². The van der Waals surface area contributed by atoms with Crippen LogP contribution in [-0.4, -0.2) is 60.4 Å². The molecule has 0 aromatic heterocycles. The quantitative estimate of drug-likeness (QED) is 0.902. The van der Waals surface area contributed by atoms with E-state index in [9.17, 15) is 14.0 Å². The topological polar surface area (TPSA) is 52.7 Å². The molecule has 5 nitrogen and oxygen atoms in total. The Balaban J connectivity index is 1.74. The summed E-state index contributed by atoms with van der Waals surface area (Å²) >= 11 is 0. The maximum atomic E-state index is 13.6. The van der Waals surface area contributed by atoms with Gasteiger partial charge in [0.05, 0.1) is 12.0 Å². The number of hydrogen-bond donors (Lipinski definition) is 1. The number of carbonyl (C=O) groups is 2. The van der Waals surface area contributed by atoms with Crippen LogP contribution in [0.1, 0.15) is 32.3 Å². The zero-order valence-corrected chi connectivity index (χ0v) is 14.9. The molecule has 1 atom stereocenters. The number of halogens is 1.